The van der Waals surface area contributed by atoms with Gasteiger partial charge in [0.05, 0.1) is 5.69 Å². The van der Waals surface area contributed by atoms with Gasteiger partial charge in [0.2, 0.25) is 0 Å². The number of aryl methyl sites for hydroxylation is 2. The van der Waals surface area contributed by atoms with Crippen LogP contribution in [0, 0.1) is 13.3 Å². The number of hydrogen-bond donors (Lipinski definition) is 0. The van der Waals surface area contributed by atoms with Gasteiger partial charge in [0.25, 0.3) is 6.39 Å². The van der Waals surface area contributed by atoms with E-state index in [9.17, 15) is 0 Å². The molecule has 0 aliphatic heterocycles. The van der Waals surface area contributed by atoms with E-state index in [-0.39, 0.29) is 0 Å². The molecular formula is C8H12NO. The van der Waals surface area contributed by atoms with Crippen molar-refractivity contribution in [2.24, 2.45) is 0 Å². The van der Waals surface area contributed by atoms with Gasteiger partial charge in [-0.15, -0.1) is 0 Å². The first-order valence-electron chi connectivity index (χ1n) is 3.67. The standard InChI is InChI=1S/C8H12NO/c1-3-4-5-8-7(2)9-6-10-8/h3-5H2,1-2H3. The SMILES string of the molecule is CCCCc1o[c]nc1C. The third-order valence-electron chi connectivity index (χ3n) is 1.54. The Labute approximate surface area is 61.3 Å². The number of rotatable bonds is 3. The molecule has 0 saturated heterocycles. The van der Waals surface area contributed by atoms with Crippen molar-refractivity contribution >= 4 is 0 Å². The highest BCUT2D eigenvalue weighted by molar-refractivity contribution is 5.03. The molecule has 1 aromatic rings. The van der Waals surface area contributed by atoms with Gasteiger partial charge in [-0.2, -0.15) is 0 Å². The summed E-state index contributed by atoms with van der Waals surface area (Å²) in [7, 11) is 0. The maximum atomic E-state index is 5.03. The fourth-order valence-electron chi connectivity index (χ4n) is 0.852. The second-order valence-corrected chi connectivity index (χ2v) is 2.42. The van der Waals surface area contributed by atoms with Gasteiger partial charge in [0.15, 0.2) is 0 Å². The second kappa shape index (κ2) is 3.40. The average Bonchev–Trinajstić information content (AvgIpc) is 2.31. The molecule has 10 heavy (non-hydrogen) atoms. The zero-order valence-corrected chi connectivity index (χ0v) is 6.48. The highest BCUT2D eigenvalue weighted by atomic mass is 16.3. The predicted molar refractivity (Wildman–Crippen MR) is 38.7 cm³/mol. The molecule has 2 nitrogen and oxygen atoms in total. The first-order valence-corrected chi connectivity index (χ1v) is 3.67. The van der Waals surface area contributed by atoms with Gasteiger partial charge in [-0.1, -0.05) is 13.3 Å². The van der Waals surface area contributed by atoms with Gasteiger partial charge in [0, 0.05) is 6.42 Å². The Balaban J connectivity index is 2.49. The van der Waals surface area contributed by atoms with Gasteiger partial charge in [-0.3, -0.25) is 0 Å². The molecule has 0 N–H and O–H groups in total. The molecule has 1 radical (unpaired) electrons. The van der Waals surface area contributed by atoms with Crippen LogP contribution in [0.5, 0.6) is 0 Å². The van der Waals surface area contributed by atoms with Crippen molar-refractivity contribution in [1.82, 2.24) is 4.98 Å². The molecule has 0 aromatic carbocycles. The molecule has 0 bridgehead atoms. The number of unbranched alkanes of at least 4 members (excludes halogenated alkanes) is 1. The Morgan fingerprint density at radius 2 is 2.40 bits per heavy atom. The number of nitrogens with zero attached hydrogens (tertiary/aromatic N) is 1. The monoisotopic (exact) mass is 138 g/mol. The van der Waals surface area contributed by atoms with Crippen LogP contribution in [-0.4, -0.2) is 4.98 Å². The summed E-state index contributed by atoms with van der Waals surface area (Å²) in [5.41, 5.74) is 0.980. The van der Waals surface area contributed by atoms with E-state index >= 15 is 0 Å². The first kappa shape index (κ1) is 7.32. The molecular weight excluding hydrogens is 126 g/mol. The summed E-state index contributed by atoms with van der Waals surface area (Å²) in [6, 6.07) is 0. The van der Waals surface area contributed by atoms with E-state index in [4.69, 9.17) is 4.42 Å². The lowest BCUT2D eigenvalue weighted by Gasteiger charge is -1.92. The highest BCUT2D eigenvalue weighted by Gasteiger charge is 2.01. The lowest BCUT2D eigenvalue weighted by molar-refractivity contribution is 0.486. The minimum Gasteiger partial charge on any atom is -0.437 e. The normalized spacial score (nSPS) is 10.2. The van der Waals surface area contributed by atoms with Crippen LogP contribution in [-0.2, 0) is 6.42 Å². The predicted octanol–water partition coefficient (Wildman–Crippen LogP) is 2.13. The minimum atomic E-state index is 0.980. The van der Waals surface area contributed by atoms with Gasteiger partial charge in [-0.05, 0) is 13.3 Å². The van der Waals surface area contributed by atoms with E-state index in [1.165, 1.54) is 12.8 Å². The largest absolute Gasteiger partial charge is 0.437 e. The molecule has 0 aliphatic rings. The van der Waals surface area contributed by atoms with Crippen LogP contribution >= 0.6 is 0 Å². The topological polar surface area (TPSA) is 26.0 Å². The maximum absolute atomic E-state index is 5.03. The van der Waals surface area contributed by atoms with Crippen molar-refractivity contribution in [3.8, 4) is 0 Å². The zero-order valence-electron chi connectivity index (χ0n) is 6.48. The Kier molecular flexibility index (Phi) is 2.49. The zero-order chi connectivity index (χ0) is 7.40. The molecule has 1 heterocycles. The van der Waals surface area contributed by atoms with Crippen LogP contribution in [0.1, 0.15) is 31.2 Å². The quantitative estimate of drug-likeness (QED) is 0.639. The van der Waals surface area contributed by atoms with Crippen molar-refractivity contribution in [3.63, 3.8) is 0 Å². The third-order valence-corrected chi connectivity index (χ3v) is 1.54. The average molecular weight is 138 g/mol. The second-order valence-electron chi connectivity index (χ2n) is 2.42. The van der Waals surface area contributed by atoms with Crippen LogP contribution in [0.2, 0.25) is 0 Å². The van der Waals surface area contributed by atoms with Crippen molar-refractivity contribution in [2.75, 3.05) is 0 Å². The van der Waals surface area contributed by atoms with Crippen molar-refractivity contribution in [1.29, 1.82) is 0 Å². The molecule has 0 saturated carbocycles. The number of aromatic nitrogens is 1. The summed E-state index contributed by atoms with van der Waals surface area (Å²) in [6.45, 7) is 4.11. The maximum Gasteiger partial charge on any atom is 0.284 e. The summed E-state index contributed by atoms with van der Waals surface area (Å²) in [6.07, 6.45) is 5.85. The summed E-state index contributed by atoms with van der Waals surface area (Å²) in [5, 5.41) is 0. The van der Waals surface area contributed by atoms with Crippen molar-refractivity contribution in [3.05, 3.63) is 17.8 Å². The molecule has 1 aromatic heterocycles. The van der Waals surface area contributed by atoms with Crippen LogP contribution < -0.4 is 0 Å². The van der Waals surface area contributed by atoms with Gasteiger partial charge >= 0.3 is 0 Å². The number of oxazole rings is 1. The molecule has 0 aliphatic carbocycles. The molecule has 0 atom stereocenters. The van der Waals surface area contributed by atoms with E-state index in [0.29, 0.717) is 0 Å². The van der Waals surface area contributed by atoms with Crippen molar-refractivity contribution in [2.45, 2.75) is 33.1 Å². The van der Waals surface area contributed by atoms with E-state index in [1.807, 2.05) is 6.92 Å². The van der Waals surface area contributed by atoms with Crippen molar-refractivity contribution < 1.29 is 4.42 Å². The van der Waals surface area contributed by atoms with Crippen LogP contribution in [0.4, 0.5) is 0 Å². The summed E-state index contributed by atoms with van der Waals surface area (Å²) in [5.74, 6) is 0.988. The third kappa shape index (κ3) is 1.59. The Morgan fingerprint density at radius 3 is 2.90 bits per heavy atom. The molecule has 55 valence electrons. The Hall–Kier alpha value is -0.790. The fourth-order valence-corrected chi connectivity index (χ4v) is 0.852. The van der Waals surface area contributed by atoms with E-state index in [0.717, 1.165) is 17.9 Å². The fraction of sp³-hybridized carbons (Fsp3) is 0.625. The molecule has 2 heteroatoms. The molecule has 1 rings (SSSR count). The summed E-state index contributed by atoms with van der Waals surface area (Å²) < 4.78 is 5.03. The van der Waals surface area contributed by atoms with E-state index in [1.54, 1.807) is 0 Å². The van der Waals surface area contributed by atoms with Crippen LogP contribution in [0.25, 0.3) is 0 Å². The smallest absolute Gasteiger partial charge is 0.284 e. The van der Waals surface area contributed by atoms with Gasteiger partial charge in [-0.25, -0.2) is 4.98 Å². The Morgan fingerprint density at radius 1 is 1.60 bits per heavy atom. The molecule has 0 amide bonds. The highest BCUT2D eigenvalue weighted by Crippen LogP contribution is 2.07. The molecule has 0 unspecified atom stereocenters. The first-order chi connectivity index (χ1) is 4.84. The molecule has 0 spiro atoms. The Bertz CT molecular complexity index is 193. The van der Waals surface area contributed by atoms with Gasteiger partial charge < -0.3 is 4.42 Å². The number of hydrogen-bond acceptors (Lipinski definition) is 2. The molecule has 0 fully saturated rings. The van der Waals surface area contributed by atoms with Crippen LogP contribution in [0.15, 0.2) is 4.42 Å². The van der Waals surface area contributed by atoms with Gasteiger partial charge in [0.1, 0.15) is 5.76 Å². The lowest BCUT2D eigenvalue weighted by atomic mass is 10.2. The lowest BCUT2D eigenvalue weighted by Crippen LogP contribution is -1.84. The summed E-state index contributed by atoms with van der Waals surface area (Å²) in [4.78, 5) is 3.88. The summed E-state index contributed by atoms with van der Waals surface area (Å²) >= 11 is 0. The van der Waals surface area contributed by atoms with Crippen LogP contribution in [0.3, 0.4) is 0 Å². The minimum absolute atomic E-state index is 0.980. The van der Waals surface area contributed by atoms with E-state index in [2.05, 4.69) is 18.3 Å². The van der Waals surface area contributed by atoms with E-state index < -0.39 is 0 Å².